The van der Waals surface area contributed by atoms with Crippen molar-refractivity contribution in [1.29, 1.82) is 0 Å². The summed E-state index contributed by atoms with van der Waals surface area (Å²) in [4.78, 5) is 15.7. The van der Waals surface area contributed by atoms with Gasteiger partial charge in [-0.15, -0.1) is 0 Å². The molecule has 0 aliphatic carbocycles. The SMILES string of the molecule is Cc1nn(-c2ccc(C(=O)O)cc2)c2nc(-c3ccccc3)cc(C(F)F)c12. The molecule has 4 aromatic rings. The molecule has 0 unspecified atom stereocenters. The summed E-state index contributed by atoms with van der Waals surface area (Å²) < 4.78 is 29.1. The quantitative estimate of drug-likeness (QED) is 0.540. The standard InChI is InChI=1S/C21H15F2N3O2/c1-12-18-16(19(22)23)11-17(13-5-3-2-4-6-13)24-20(18)26(25-12)15-9-7-14(8-10-15)21(27)28/h2-11,19H,1H3,(H,27,28). The molecule has 2 aromatic carbocycles. The van der Waals surface area contributed by atoms with Gasteiger partial charge in [0, 0.05) is 11.1 Å². The molecule has 2 heterocycles. The van der Waals surface area contributed by atoms with Crippen molar-refractivity contribution in [2.24, 2.45) is 0 Å². The first-order chi connectivity index (χ1) is 13.5. The van der Waals surface area contributed by atoms with Crippen molar-refractivity contribution in [3.63, 3.8) is 0 Å². The van der Waals surface area contributed by atoms with Gasteiger partial charge in [-0.05, 0) is 37.3 Å². The number of rotatable bonds is 4. The largest absolute Gasteiger partial charge is 0.478 e. The molecule has 0 bridgehead atoms. The zero-order valence-corrected chi connectivity index (χ0v) is 14.8. The van der Waals surface area contributed by atoms with Crippen molar-refractivity contribution in [3.05, 3.63) is 77.5 Å². The summed E-state index contributed by atoms with van der Waals surface area (Å²) in [6.45, 7) is 1.65. The number of alkyl halides is 2. The van der Waals surface area contributed by atoms with Gasteiger partial charge in [-0.3, -0.25) is 0 Å². The van der Waals surface area contributed by atoms with Crippen LogP contribution in [0.1, 0.15) is 28.0 Å². The maximum Gasteiger partial charge on any atom is 0.335 e. The van der Waals surface area contributed by atoms with Crippen molar-refractivity contribution in [1.82, 2.24) is 14.8 Å². The summed E-state index contributed by atoms with van der Waals surface area (Å²) in [7, 11) is 0. The van der Waals surface area contributed by atoms with Gasteiger partial charge in [-0.1, -0.05) is 30.3 Å². The fourth-order valence-electron chi connectivity index (χ4n) is 3.18. The number of fused-ring (bicyclic) bond motifs is 1. The predicted molar refractivity (Wildman–Crippen MR) is 101 cm³/mol. The molecule has 0 amide bonds. The van der Waals surface area contributed by atoms with Crippen LogP contribution in [-0.4, -0.2) is 25.8 Å². The van der Waals surface area contributed by atoms with Crippen LogP contribution in [0.3, 0.4) is 0 Å². The van der Waals surface area contributed by atoms with Crippen LogP contribution in [0, 0.1) is 6.92 Å². The number of pyridine rings is 1. The molecule has 0 fully saturated rings. The second-order valence-corrected chi connectivity index (χ2v) is 6.31. The second kappa shape index (κ2) is 6.84. The molecule has 0 aliphatic rings. The Kier molecular flexibility index (Phi) is 4.35. The van der Waals surface area contributed by atoms with E-state index in [1.807, 2.05) is 18.2 Å². The average Bonchev–Trinajstić information content (AvgIpc) is 3.04. The van der Waals surface area contributed by atoms with Crippen LogP contribution in [0.25, 0.3) is 28.0 Å². The molecule has 1 N–H and O–H groups in total. The molecule has 140 valence electrons. The first-order valence-electron chi connectivity index (χ1n) is 8.53. The van der Waals surface area contributed by atoms with Gasteiger partial charge in [0.2, 0.25) is 0 Å². The number of aromatic nitrogens is 3. The van der Waals surface area contributed by atoms with E-state index in [4.69, 9.17) is 5.11 Å². The van der Waals surface area contributed by atoms with Crippen molar-refractivity contribution >= 4 is 17.0 Å². The van der Waals surface area contributed by atoms with E-state index in [9.17, 15) is 13.6 Å². The van der Waals surface area contributed by atoms with E-state index in [1.54, 1.807) is 31.2 Å². The number of carboxylic acid groups (broad SMARTS) is 1. The smallest absolute Gasteiger partial charge is 0.335 e. The average molecular weight is 379 g/mol. The number of hydrogen-bond donors (Lipinski definition) is 1. The highest BCUT2D eigenvalue weighted by atomic mass is 19.3. The molecule has 28 heavy (non-hydrogen) atoms. The Labute approximate surface area is 158 Å². The highest BCUT2D eigenvalue weighted by Gasteiger charge is 2.21. The second-order valence-electron chi connectivity index (χ2n) is 6.31. The highest BCUT2D eigenvalue weighted by molar-refractivity contribution is 5.89. The Hall–Kier alpha value is -3.61. The molecule has 0 spiro atoms. The number of carboxylic acids is 1. The third kappa shape index (κ3) is 3.00. The van der Waals surface area contributed by atoms with E-state index in [2.05, 4.69) is 10.1 Å². The van der Waals surface area contributed by atoms with Crippen LogP contribution < -0.4 is 0 Å². The Bertz CT molecular complexity index is 1170. The lowest BCUT2D eigenvalue weighted by molar-refractivity contribution is 0.0697. The summed E-state index contributed by atoms with van der Waals surface area (Å²) in [6, 6.07) is 16.5. The lowest BCUT2D eigenvalue weighted by Gasteiger charge is -2.09. The zero-order valence-electron chi connectivity index (χ0n) is 14.8. The van der Waals surface area contributed by atoms with Gasteiger partial charge in [0.15, 0.2) is 5.65 Å². The van der Waals surface area contributed by atoms with Crippen molar-refractivity contribution in [3.8, 4) is 16.9 Å². The van der Waals surface area contributed by atoms with Crippen LogP contribution in [0.5, 0.6) is 0 Å². The van der Waals surface area contributed by atoms with Crippen molar-refractivity contribution < 1.29 is 18.7 Å². The van der Waals surface area contributed by atoms with Crippen LogP contribution in [-0.2, 0) is 0 Å². The molecule has 2 aromatic heterocycles. The minimum Gasteiger partial charge on any atom is -0.478 e. The molecule has 0 saturated heterocycles. The predicted octanol–water partition coefficient (Wildman–Crippen LogP) is 5.03. The van der Waals surface area contributed by atoms with Gasteiger partial charge in [0.25, 0.3) is 6.43 Å². The molecule has 0 radical (unpaired) electrons. The van der Waals surface area contributed by atoms with Crippen LogP contribution in [0.15, 0.2) is 60.7 Å². The van der Waals surface area contributed by atoms with Crippen molar-refractivity contribution in [2.45, 2.75) is 13.3 Å². The van der Waals surface area contributed by atoms with Gasteiger partial charge in [0.05, 0.1) is 28.0 Å². The summed E-state index contributed by atoms with van der Waals surface area (Å²) in [5.74, 6) is -1.04. The van der Waals surface area contributed by atoms with E-state index in [0.717, 1.165) is 5.56 Å². The minimum atomic E-state index is -2.68. The monoisotopic (exact) mass is 379 g/mol. The number of nitrogens with zero attached hydrogens (tertiary/aromatic N) is 3. The van der Waals surface area contributed by atoms with Gasteiger partial charge in [-0.25, -0.2) is 23.2 Å². The van der Waals surface area contributed by atoms with Gasteiger partial charge in [-0.2, -0.15) is 5.10 Å². The van der Waals surface area contributed by atoms with E-state index >= 15 is 0 Å². The molecule has 0 saturated carbocycles. The number of hydrogen-bond acceptors (Lipinski definition) is 3. The van der Waals surface area contributed by atoms with E-state index in [-0.39, 0.29) is 11.1 Å². The summed E-state index contributed by atoms with van der Waals surface area (Å²) >= 11 is 0. The Morgan fingerprint density at radius 3 is 2.36 bits per heavy atom. The molecule has 0 atom stereocenters. The summed E-state index contributed by atoms with van der Waals surface area (Å²) in [5.41, 5.74) is 2.42. The van der Waals surface area contributed by atoms with Gasteiger partial charge in [0.1, 0.15) is 0 Å². The third-order valence-corrected chi connectivity index (χ3v) is 4.51. The molecule has 5 nitrogen and oxygen atoms in total. The molecule has 4 rings (SSSR count). The number of halogens is 2. The lowest BCUT2D eigenvalue weighted by atomic mass is 10.1. The summed E-state index contributed by atoms with van der Waals surface area (Å²) in [6.07, 6.45) is -2.68. The van der Waals surface area contributed by atoms with Gasteiger partial charge < -0.3 is 5.11 Å². The van der Waals surface area contributed by atoms with Crippen LogP contribution in [0.2, 0.25) is 0 Å². The number of aryl methyl sites for hydroxylation is 1. The minimum absolute atomic E-state index is 0.128. The van der Waals surface area contributed by atoms with Crippen LogP contribution in [0.4, 0.5) is 8.78 Å². The Morgan fingerprint density at radius 2 is 1.75 bits per heavy atom. The Balaban J connectivity index is 1.97. The van der Waals surface area contributed by atoms with Gasteiger partial charge >= 0.3 is 5.97 Å². The molecular formula is C21H15F2N3O2. The maximum absolute atomic E-state index is 13.8. The van der Waals surface area contributed by atoms with E-state index in [1.165, 1.54) is 22.9 Å². The molecular weight excluding hydrogens is 364 g/mol. The zero-order chi connectivity index (χ0) is 19.8. The van der Waals surface area contributed by atoms with Crippen LogP contribution >= 0.6 is 0 Å². The lowest BCUT2D eigenvalue weighted by Crippen LogP contribution is -2.01. The van der Waals surface area contributed by atoms with Crippen molar-refractivity contribution in [2.75, 3.05) is 0 Å². The Morgan fingerprint density at radius 1 is 1.07 bits per heavy atom. The summed E-state index contributed by atoms with van der Waals surface area (Å²) in [5, 5.41) is 13.8. The van der Waals surface area contributed by atoms with E-state index < -0.39 is 12.4 Å². The van der Waals surface area contributed by atoms with E-state index in [0.29, 0.717) is 28.1 Å². The first-order valence-corrected chi connectivity index (χ1v) is 8.53. The fourth-order valence-corrected chi connectivity index (χ4v) is 3.18. The number of carbonyl (C=O) groups is 1. The highest BCUT2D eigenvalue weighted by Crippen LogP contribution is 2.33. The number of benzene rings is 2. The normalized spacial score (nSPS) is 11.3. The molecule has 0 aliphatic heterocycles. The third-order valence-electron chi connectivity index (χ3n) is 4.51. The fraction of sp³-hybridized carbons (Fsp3) is 0.0952. The molecule has 7 heteroatoms. The topological polar surface area (TPSA) is 68.0 Å². The first kappa shape index (κ1) is 17.8. The number of aromatic carboxylic acids is 1. The maximum atomic E-state index is 13.8.